The number of benzene rings is 2. The minimum absolute atomic E-state index is 0. The Balaban J connectivity index is 0.00000156. The summed E-state index contributed by atoms with van der Waals surface area (Å²) in [6.07, 6.45) is 0.997. The lowest BCUT2D eigenvalue weighted by molar-refractivity contribution is -0.0505. The van der Waals surface area contributed by atoms with Crippen molar-refractivity contribution >= 4 is 24.8 Å². The molecule has 1 fully saturated rings. The fourth-order valence-electron chi connectivity index (χ4n) is 3.04. The van der Waals surface area contributed by atoms with E-state index in [9.17, 15) is 8.78 Å². The van der Waals surface area contributed by atoms with Gasteiger partial charge in [-0.2, -0.15) is 8.78 Å². The SMILES string of the molecule is Cl.Cl.FC(F)Oc1ccccc1CNC1CCNC1c1ccccc1. The Morgan fingerprint density at radius 3 is 2.44 bits per heavy atom. The fraction of sp³-hybridized carbons (Fsp3) is 0.333. The molecule has 1 aliphatic rings. The molecule has 25 heavy (non-hydrogen) atoms. The fourth-order valence-corrected chi connectivity index (χ4v) is 3.04. The van der Waals surface area contributed by atoms with Gasteiger partial charge in [0.1, 0.15) is 5.75 Å². The second kappa shape index (κ2) is 10.6. The highest BCUT2D eigenvalue weighted by Gasteiger charge is 2.27. The molecule has 0 spiro atoms. The first-order valence-electron chi connectivity index (χ1n) is 7.78. The minimum Gasteiger partial charge on any atom is -0.434 e. The maximum Gasteiger partial charge on any atom is 0.387 e. The molecule has 3 rings (SSSR count). The van der Waals surface area contributed by atoms with Gasteiger partial charge in [0.05, 0.1) is 0 Å². The molecule has 2 atom stereocenters. The lowest BCUT2D eigenvalue weighted by atomic mass is 10.0. The van der Waals surface area contributed by atoms with E-state index in [4.69, 9.17) is 0 Å². The molecule has 2 N–H and O–H groups in total. The Labute approximate surface area is 159 Å². The molecule has 2 aromatic rings. The van der Waals surface area contributed by atoms with Crippen LogP contribution in [0.4, 0.5) is 8.78 Å². The summed E-state index contributed by atoms with van der Waals surface area (Å²) in [5, 5.41) is 6.97. The topological polar surface area (TPSA) is 33.3 Å². The molecular formula is C18H22Cl2F2N2O. The van der Waals surface area contributed by atoms with Crippen molar-refractivity contribution in [2.24, 2.45) is 0 Å². The van der Waals surface area contributed by atoms with Crippen molar-refractivity contribution in [2.45, 2.75) is 31.7 Å². The van der Waals surface area contributed by atoms with Gasteiger partial charge in [-0.1, -0.05) is 48.5 Å². The number of rotatable bonds is 6. The van der Waals surface area contributed by atoms with Gasteiger partial charge in [0.25, 0.3) is 0 Å². The normalized spacial score (nSPS) is 19.2. The van der Waals surface area contributed by atoms with E-state index in [2.05, 4.69) is 27.5 Å². The average Bonchev–Trinajstić information content (AvgIpc) is 3.03. The highest BCUT2D eigenvalue weighted by molar-refractivity contribution is 5.85. The van der Waals surface area contributed by atoms with Crippen LogP contribution >= 0.6 is 24.8 Å². The maximum atomic E-state index is 12.5. The molecular weight excluding hydrogens is 369 g/mol. The summed E-state index contributed by atoms with van der Waals surface area (Å²) in [5.74, 6) is 0.234. The molecule has 0 bridgehead atoms. The zero-order valence-electron chi connectivity index (χ0n) is 13.5. The van der Waals surface area contributed by atoms with Crippen LogP contribution in [-0.4, -0.2) is 19.2 Å². The second-order valence-electron chi connectivity index (χ2n) is 5.60. The first kappa shape index (κ1) is 21.6. The molecule has 0 saturated carbocycles. The van der Waals surface area contributed by atoms with Crippen LogP contribution in [0.1, 0.15) is 23.6 Å². The number of ether oxygens (including phenoxy) is 1. The van der Waals surface area contributed by atoms with Crippen molar-refractivity contribution in [3.8, 4) is 5.75 Å². The van der Waals surface area contributed by atoms with Crippen LogP contribution in [0.5, 0.6) is 5.75 Å². The monoisotopic (exact) mass is 390 g/mol. The van der Waals surface area contributed by atoms with E-state index in [1.165, 1.54) is 5.56 Å². The summed E-state index contributed by atoms with van der Waals surface area (Å²) < 4.78 is 29.5. The zero-order valence-corrected chi connectivity index (χ0v) is 15.2. The van der Waals surface area contributed by atoms with Gasteiger partial charge in [-0.15, -0.1) is 24.8 Å². The summed E-state index contributed by atoms with van der Waals surface area (Å²) in [6.45, 7) is -1.37. The number of alkyl halides is 2. The van der Waals surface area contributed by atoms with Crippen LogP contribution in [0.3, 0.4) is 0 Å². The molecule has 0 amide bonds. The van der Waals surface area contributed by atoms with Gasteiger partial charge in [-0.3, -0.25) is 0 Å². The molecule has 3 nitrogen and oxygen atoms in total. The van der Waals surface area contributed by atoms with Crippen LogP contribution in [-0.2, 0) is 6.54 Å². The first-order valence-corrected chi connectivity index (χ1v) is 7.78. The molecule has 0 radical (unpaired) electrons. The second-order valence-corrected chi connectivity index (χ2v) is 5.60. The van der Waals surface area contributed by atoms with Gasteiger partial charge in [0.2, 0.25) is 0 Å². The van der Waals surface area contributed by atoms with Crippen molar-refractivity contribution in [3.63, 3.8) is 0 Å². The van der Waals surface area contributed by atoms with Gasteiger partial charge in [-0.05, 0) is 24.6 Å². The molecule has 0 aromatic heterocycles. The summed E-state index contributed by atoms with van der Waals surface area (Å²) in [6, 6.07) is 17.7. The van der Waals surface area contributed by atoms with Gasteiger partial charge in [0, 0.05) is 24.2 Å². The number of halogens is 4. The Kier molecular flexibility index (Phi) is 9.14. The Morgan fingerprint density at radius 1 is 1.04 bits per heavy atom. The van der Waals surface area contributed by atoms with Gasteiger partial charge in [0.15, 0.2) is 0 Å². The predicted octanol–water partition coefficient (Wildman–Crippen LogP) is 4.32. The van der Waals surface area contributed by atoms with Crippen LogP contribution in [0.25, 0.3) is 0 Å². The Hall–Kier alpha value is -1.40. The number of hydrogen-bond acceptors (Lipinski definition) is 3. The molecule has 2 aromatic carbocycles. The van der Waals surface area contributed by atoms with E-state index in [0.29, 0.717) is 6.54 Å². The third kappa shape index (κ3) is 5.82. The van der Waals surface area contributed by atoms with Crippen LogP contribution in [0.2, 0.25) is 0 Å². The standard InChI is InChI=1S/C18H20F2N2O.2ClH/c19-18(20)23-16-9-5-4-8-14(16)12-22-15-10-11-21-17(15)13-6-2-1-3-7-13;;/h1-9,15,17-18,21-22H,10-12H2;2*1H. The van der Waals surface area contributed by atoms with Crippen LogP contribution in [0.15, 0.2) is 54.6 Å². The molecule has 2 unspecified atom stereocenters. The number of nitrogens with one attached hydrogen (secondary N) is 2. The highest BCUT2D eigenvalue weighted by Crippen LogP contribution is 2.25. The van der Waals surface area contributed by atoms with Crippen LogP contribution < -0.4 is 15.4 Å². The lowest BCUT2D eigenvalue weighted by Gasteiger charge is -2.22. The van der Waals surface area contributed by atoms with Gasteiger partial charge in [-0.25, -0.2) is 0 Å². The van der Waals surface area contributed by atoms with E-state index >= 15 is 0 Å². The molecule has 7 heteroatoms. The molecule has 0 aliphatic carbocycles. The third-order valence-corrected chi connectivity index (χ3v) is 4.12. The van der Waals surface area contributed by atoms with Gasteiger partial charge < -0.3 is 15.4 Å². The number of hydrogen-bond donors (Lipinski definition) is 2. The largest absolute Gasteiger partial charge is 0.434 e. The van der Waals surface area contributed by atoms with E-state index in [-0.39, 0.29) is 42.6 Å². The Bertz CT molecular complexity index is 631. The van der Waals surface area contributed by atoms with Crippen LogP contribution in [0, 0.1) is 0 Å². The van der Waals surface area contributed by atoms with Crippen molar-refractivity contribution in [2.75, 3.05) is 6.54 Å². The van der Waals surface area contributed by atoms with Crippen molar-refractivity contribution in [1.82, 2.24) is 10.6 Å². The average molecular weight is 391 g/mol. The van der Waals surface area contributed by atoms with Crippen molar-refractivity contribution in [1.29, 1.82) is 0 Å². The van der Waals surface area contributed by atoms with E-state index in [1.54, 1.807) is 12.1 Å². The summed E-state index contributed by atoms with van der Waals surface area (Å²) in [5.41, 5.74) is 1.98. The molecule has 1 heterocycles. The third-order valence-electron chi connectivity index (χ3n) is 4.12. The smallest absolute Gasteiger partial charge is 0.387 e. The maximum absolute atomic E-state index is 12.5. The van der Waals surface area contributed by atoms with Crippen molar-refractivity contribution in [3.05, 3.63) is 65.7 Å². The van der Waals surface area contributed by atoms with E-state index in [1.807, 2.05) is 30.3 Å². The molecule has 138 valence electrons. The van der Waals surface area contributed by atoms with Gasteiger partial charge >= 0.3 is 6.61 Å². The molecule has 1 saturated heterocycles. The summed E-state index contributed by atoms with van der Waals surface area (Å²) >= 11 is 0. The quantitative estimate of drug-likeness (QED) is 0.770. The van der Waals surface area contributed by atoms with E-state index in [0.717, 1.165) is 18.5 Å². The number of para-hydroxylation sites is 1. The van der Waals surface area contributed by atoms with Crippen molar-refractivity contribution < 1.29 is 13.5 Å². The highest BCUT2D eigenvalue weighted by atomic mass is 35.5. The van der Waals surface area contributed by atoms with E-state index < -0.39 is 6.61 Å². The summed E-state index contributed by atoms with van der Waals surface area (Å²) in [4.78, 5) is 0. The molecule has 1 aliphatic heterocycles. The Morgan fingerprint density at radius 2 is 1.72 bits per heavy atom. The lowest BCUT2D eigenvalue weighted by Crippen LogP contribution is -2.34. The summed E-state index contributed by atoms with van der Waals surface area (Å²) in [7, 11) is 0. The minimum atomic E-state index is -2.80. The first-order chi connectivity index (χ1) is 11.2. The predicted molar refractivity (Wildman–Crippen MR) is 100 cm³/mol. The zero-order chi connectivity index (χ0) is 16.1.